The van der Waals surface area contributed by atoms with Gasteiger partial charge in [0.25, 0.3) is 0 Å². The fourth-order valence-corrected chi connectivity index (χ4v) is 1.81. The summed E-state index contributed by atoms with van der Waals surface area (Å²) in [6, 6.07) is 10.8. The van der Waals surface area contributed by atoms with Crippen LogP contribution in [0.1, 0.15) is 38.7 Å². The molecular formula is C15H24. The fourth-order valence-electron chi connectivity index (χ4n) is 1.81. The maximum Gasteiger partial charge on any atom is -0.0250 e. The van der Waals surface area contributed by atoms with Crippen LogP contribution < -0.4 is 0 Å². The number of hydrogen-bond acceptors (Lipinski definition) is 0. The van der Waals surface area contributed by atoms with Gasteiger partial charge >= 0.3 is 0 Å². The van der Waals surface area contributed by atoms with E-state index in [1.54, 1.807) is 0 Å². The second-order valence-corrected chi connectivity index (χ2v) is 3.75. The number of hydrogen-bond donors (Lipinski definition) is 0. The Morgan fingerprint density at radius 1 is 1.07 bits per heavy atom. The maximum absolute atomic E-state index is 3.00. The molecule has 1 rings (SSSR count). The van der Waals surface area contributed by atoms with E-state index in [0.29, 0.717) is 0 Å². The van der Waals surface area contributed by atoms with Gasteiger partial charge in [0, 0.05) is 0 Å². The lowest BCUT2D eigenvalue weighted by Crippen LogP contribution is -2.02. The Morgan fingerprint density at radius 3 is 2.13 bits per heavy atom. The maximum atomic E-state index is 3.00. The van der Waals surface area contributed by atoms with Crippen LogP contribution in [0.15, 0.2) is 43.5 Å². The topological polar surface area (TPSA) is 0 Å². The van der Waals surface area contributed by atoms with Crippen LogP contribution in [0.25, 0.3) is 0 Å². The zero-order valence-corrected chi connectivity index (χ0v) is 10.2. The second-order valence-electron chi connectivity index (χ2n) is 3.75. The summed E-state index contributed by atoms with van der Waals surface area (Å²) in [5.74, 6) is 0.882. The highest BCUT2D eigenvalue weighted by Gasteiger charge is 2.05. The van der Waals surface area contributed by atoms with E-state index in [9.17, 15) is 0 Å². The van der Waals surface area contributed by atoms with E-state index in [0.717, 1.165) is 5.92 Å². The molecule has 0 saturated carbocycles. The highest BCUT2D eigenvalue weighted by atomic mass is 14.1. The van der Waals surface area contributed by atoms with Gasteiger partial charge in [0.05, 0.1) is 0 Å². The van der Waals surface area contributed by atoms with Crippen LogP contribution in [0, 0.1) is 5.92 Å². The van der Waals surface area contributed by atoms with Crippen LogP contribution in [0.4, 0.5) is 0 Å². The van der Waals surface area contributed by atoms with Gasteiger partial charge in [-0.2, -0.15) is 0 Å². The van der Waals surface area contributed by atoms with Gasteiger partial charge in [-0.3, -0.25) is 0 Å². The lowest BCUT2D eigenvalue weighted by Gasteiger charge is -2.13. The largest absolute Gasteiger partial charge is 0.106 e. The Bertz CT molecular complexity index is 225. The van der Waals surface area contributed by atoms with Crippen molar-refractivity contribution < 1.29 is 0 Å². The Hall–Kier alpha value is -1.04. The van der Waals surface area contributed by atoms with E-state index >= 15 is 0 Å². The number of rotatable bonds is 5. The van der Waals surface area contributed by atoms with E-state index in [1.807, 2.05) is 0 Å². The molecule has 0 heterocycles. The standard InChI is InChI=1S/C13H20.C2H4/c1-3-8-12(4-2)11-13-9-6-5-7-10-13;1-2/h5-7,9-10,12H,3-4,8,11H2,1-2H3;1-2H2. The lowest BCUT2D eigenvalue weighted by molar-refractivity contribution is 0.462. The molecular weight excluding hydrogens is 180 g/mol. The Morgan fingerprint density at radius 2 is 1.67 bits per heavy atom. The SMILES string of the molecule is C=C.CCCC(CC)Cc1ccccc1. The van der Waals surface area contributed by atoms with Crippen LogP contribution in [0.3, 0.4) is 0 Å². The molecule has 0 aliphatic rings. The van der Waals surface area contributed by atoms with Gasteiger partial charge in [-0.25, -0.2) is 0 Å². The molecule has 0 fully saturated rings. The summed E-state index contributed by atoms with van der Waals surface area (Å²) in [6.07, 6.45) is 5.24. The zero-order valence-electron chi connectivity index (χ0n) is 10.2. The van der Waals surface area contributed by atoms with E-state index < -0.39 is 0 Å². The van der Waals surface area contributed by atoms with Crippen molar-refractivity contribution in [2.24, 2.45) is 5.92 Å². The fraction of sp³-hybridized carbons (Fsp3) is 0.467. The molecule has 0 aliphatic carbocycles. The van der Waals surface area contributed by atoms with Crippen molar-refractivity contribution in [3.8, 4) is 0 Å². The summed E-state index contributed by atoms with van der Waals surface area (Å²) in [4.78, 5) is 0. The van der Waals surface area contributed by atoms with Crippen LogP contribution in [0.5, 0.6) is 0 Å². The summed E-state index contributed by atoms with van der Waals surface area (Å²) in [7, 11) is 0. The molecule has 1 aromatic carbocycles. The van der Waals surface area contributed by atoms with Crippen LogP contribution >= 0.6 is 0 Å². The molecule has 84 valence electrons. The molecule has 0 spiro atoms. The molecule has 15 heavy (non-hydrogen) atoms. The third-order valence-electron chi connectivity index (χ3n) is 2.64. The first-order chi connectivity index (χ1) is 7.36. The predicted octanol–water partition coefficient (Wildman–Crippen LogP) is 4.86. The molecule has 0 saturated heterocycles. The molecule has 0 aromatic heterocycles. The zero-order chi connectivity index (χ0) is 11.5. The first-order valence-corrected chi connectivity index (χ1v) is 5.90. The highest BCUT2D eigenvalue weighted by Crippen LogP contribution is 2.16. The smallest absolute Gasteiger partial charge is 0.0250 e. The minimum Gasteiger partial charge on any atom is -0.106 e. The predicted molar refractivity (Wildman–Crippen MR) is 70.1 cm³/mol. The van der Waals surface area contributed by atoms with Crippen molar-refractivity contribution in [1.82, 2.24) is 0 Å². The van der Waals surface area contributed by atoms with Gasteiger partial charge in [0.2, 0.25) is 0 Å². The summed E-state index contributed by atoms with van der Waals surface area (Å²) < 4.78 is 0. The molecule has 0 bridgehead atoms. The van der Waals surface area contributed by atoms with Gasteiger partial charge in [-0.1, -0.05) is 63.4 Å². The second kappa shape index (κ2) is 9.51. The van der Waals surface area contributed by atoms with Crippen molar-refractivity contribution >= 4 is 0 Å². The Labute approximate surface area is 95.0 Å². The molecule has 1 atom stereocenters. The molecule has 0 heteroatoms. The van der Waals surface area contributed by atoms with E-state index in [1.165, 1.54) is 31.2 Å². The average Bonchev–Trinajstić information content (AvgIpc) is 2.32. The molecule has 0 aliphatic heterocycles. The summed E-state index contributed by atoms with van der Waals surface area (Å²) in [5.41, 5.74) is 1.49. The monoisotopic (exact) mass is 204 g/mol. The van der Waals surface area contributed by atoms with E-state index in [-0.39, 0.29) is 0 Å². The van der Waals surface area contributed by atoms with Crippen molar-refractivity contribution in [1.29, 1.82) is 0 Å². The molecule has 1 unspecified atom stereocenters. The molecule has 1 aromatic rings. The van der Waals surface area contributed by atoms with Crippen molar-refractivity contribution in [3.63, 3.8) is 0 Å². The summed E-state index contributed by atoms with van der Waals surface area (Å²) >= 11 is 0. The first kappa shape index (κ1) is 14.0. The Balaban J connectivity index is 0.000000921. The van der Waals surface area contributed by atoms with Crippen LogP contribution in [-0.4, -0.2) is 0 Å². The molecule has 0 nitrogen and oxygen atoms in total. The quantitative estimate of drug-likeness (QED) is 0.601. The Kier molecular flexibility index (Phi) is 8.85. The summed E-state index contributed by atoms with van der Waals surface area (Å²) in [6.45, 7) is 10.6. The van der Waals surface area contributed by atoms with Gasteiger partial charge in [-0.05, 0) is 17.9 Å². The van der Waals surface area contributed by atoms with E-state index in [2.05, 4.69) is 57.3 Å². The molecule has 0 amide bonds. The number of benzene rings is 1. The van der Waals surface area contributed by atoms with Crippen molar-refractivity contribution in [2.75, 3.05) is 0 Å². The van der Waals surface area contributed by atoms with Gasteiger partial charge < -0.3 is 0 Å². The third-order valence-corrected chi connectivity index (χ3v) is 2.64. The molecule has 0 radical (unpaired) electrons. The van der Waals surface area contributed by atoms with Gasteiger partial charge in [0.15, 0.2) is 0 Å². The molecule has 0 N–H and O–H groups in total. The van der Waals surface area contributed by atoms with Crippen molar-refractivity contribution in [3.05, 3.63) is 49.1 Å². The van der Waals surface area contributed by atoms with Gasteiger partial charge in [0.1, 0.15) is 0 Å². The van der Waals surface area contributed by atoms with E-state index in [4.69, 9.17) is 0 Å². The lowest BCUT2D eigenvalue weighted by atomic mass is 9.93. The van der Waals surface area contributed by atoms with Crippen LogP contribution in [-0.2, 0) is 6.42 Å². The highest BCUT2D eigenvalue weighted by molar-refractivity contribution is 5.15. The normalized spacial score (nSPS) is 11.3. The van der Waals surface area contributed by atoms with Crippen molar-refractivity contribution in [2.45, 2.75) is 39.5 Å². The average molecular weight is 204 g/mol. The third kappa shape index (κ3) is 6.11. The minimum atomic E-state index is 0.882. The first-order valence-electron chi connectivity index (χ1n) is 5.90. The minimum absolute atomic E-state index is 0.882. The van der Waals surface area contributed by atoms with Gasteiger partial charge in [-0.15, -0.1) is 13.2 Å². The van der Waals surface area contributed by atoms with Crippen LogP contribution in [0.2, 0.25) is 0 Å². The summed E-state index contributed by atoms with van der Waals surface area (Å²) in [5, 5.41) is 0.